The quantitative estimate of drug-likeness (QED) is 0.0213. The van der Waals surface area contributed by atoms with Gasteiger partial charge in [0.2, 0.25) is 0 Å². The van der Waals surface area contributed by atoms with Crippen molar-refractivity contribution < 1.29 is 42.1 Å². The number of quaternary nitrogens is 1. The highest BCUT2D eigenvalue weighted by Crippen LogP contribution is 2.43. The zero-order valence-electron chi connectivity index (χ0n) is 37.4. The number of allylic oxidation sites excluding steroid dienone is 2. The van der Waals surface area contributed by atoms with E-state index in [1.807, 2.05) is 21.1 Å². The summed E-state index contributed by atoms with van der Waals surface area (Å²) in [6.45, 7) is 4.40. The molecule has 2 atom stereocenters. The maximum Gasteiger partial charge on any atom is 0.472 e. The minimum Gasteiger partial charge on any atom is -0.462 e. The van der Waals surface area contributed by atoms with Gasteiger partial charge in [0.25, 0.3) is 0 Å². The first-order chi connectivity index (χ1) is 27.0. The minimum atomic E-state index is -4.37. The molecule has 10 heteroatoms. The van der Waals surface area contributed by atoms with E-state index in [9.17, 15) is 19.0 Å². The molecule has 0 aromatic rings. The number of unbranched alkanes of at least 4 members (excludes halogenated alkanes) is 27. The first-order valence-corrected chi connectivity index (χ1v) is 24.9. The predicted octanol–water partition coefficient (Wildman–Crippen LogP) is 13.4. The Morgan fingerprint density at radius 3 is 1.38 bits per heavy atom. The van der Waals surface area contributed by atoms with Crippen LogP contribution in [0.5, 0.6) is 0 Å². The van der Waals surface area contributed by atoms with Crippen molar-refractivity contribution in [1.82, 2.24) is 0 Å². The van der Waals surface area contributed by atoms with Gasteiger partial charge in [0, 0.05) is 12.8 Å². The number of carbonyl (C=O) groups excluding carboxylic acids is 2. The first kappa shape index (κ1) is 54.8. The Bertz CT molecular complexity index is 969. The second kappa shape index (κ2) is 39.2. The van der Waals surface area contributed by atoms with Gasteiger partial charge in [0.15, 0.2) is 6.10 Å². The molecule has 0 aromatic heterocycles. The lowest BCUT2D eigenvalue weighted by atomic mass is 10.0. The third-order valence-corrected chi connectivity index (χ3v) is 11.3. The SMILES string of the molecule is CCCC/C=C/CCCCCCCC(=O)OC[C@H](COP(=O)(O)OCC[N+](C)(C)C)OC(=O)CCCCCCCCCCCCCCCCCCCCCCC. The number of nitrogens with zero attached hydrogens (tertiary/aromatic N) is 1. The molecule has 0 amide bonds. The summed E-state index contributed by atoms with van der Waals surface area (Å²) in [4.78, 5) is 35.3. The molecule has 0 aliphatic heterocycles. The summed E-state index contributed by atoms with van der Waals surface area (Å²) < 4.78 is 34.3. The smallest absolute Gasteiger partial charge is 0.462 e. The molecule has 0 saturated heterocycles. The number of hydrogen-bond donors (Lipinski definition) is 1. The average molecular weight is 817 g/mol. The van der Waals surface area contributed by atoms with Gasteiger partial charge in [-0.05, 0) is 32.1 Å². The van der Waals surface area contributed by atoms with Crippen LogP contribution >= 0.6 is 7.82 Å². The first-order valence-electron chi connectivity index (χ1n) is 23.4. The van der Waals surface area contributed by atoms with Crippen molar-refractivity contribution in [2.75, 3.05) is 47.5 Å². The highest BCUT2D eigenvalue weighted by molar-refractivity contribution is 7.47. The van der Waals surface area contributed by atoms with Gasteiger partial charge in [-0.15, -0.1) is 0 Å². The Labute approximate surface area is 346 Å². The number of hydrogen-bond acceptors (Lipinski definition) is 7. The highest BCUT2D eigenvalue weighted by Gasteiger charge is 2.27. The second-order valence-electron chi connectivity index (χ2n) is 17.1. The molecule has 332 valence electrons. The van der Waals surface area contributed by atoms with Gasteiger partial charge >= 0.3 is 19.8 Å². The normalized spacial score (nSPS) is 13.6. The van der Waals surface area contributed by atoms with Gasteiger partial charge in [-0.25, -0.2) is 4.57 Å². The fourth-order valence-corrected chi connectivity index (χ4v) is 7.33. The zero-order valence-corrected chi connectivity index (χ0v) is 38.3. The van der Waals surface area contributed by atoms with Crippen LogP contribution in [0.25, 0.3) is 0 Å². The van der Waals surface area contributed by atoms with Crippen molar-refractivity contribution in [3.63, 3.8) is 0 Å². The van der Waals surface area contributed by atoms with Crippen LogP contribution < -0.4 is 0 Å². The standard InChI is InChI=1S/C46H90NO8P/c1-6-8-10-12-14-16-18-19-20-21-22-23-24-25-26-27-29-31-33-35-37-39-46(49)55-44(43-54-56(50,51)53-41-40-47(3,4)5)42-52-45(48)38-36-34-32-30-28-17-15-13-11-9-7-2/h13,15,44H,6-12,14,16-43H2,1-5H3/p+1/b15-13+/t44-/m1/s1. The van der Waals surface area contributed by atoms with E-state index in [2.05, 4.69) is 26.0 Å². The molecular weight excluding hydrogens is 725 g/mol. The summed E-state index contributed by atoms with van der Waals surface area (Å²) in [6, 6.07) is 0. The largest absolute Gasteiger partial charge is 0.472 e. The summed E-state index contributed by atoms with van der Waals surface area (Å²) in [7, 11) is 1.48. The van der Waals surface area contributed by atoms with Gasteiger partial charge in [0.1, 0.15) is 19.8 Å². The number of likely N-dealkylation sites (N-methyl/N-ethyl adjacent to an activating group) is 1. The molecule has 1 unspecified atom stereocenters. The van der Waals surface area contributed by atoms with Crippen LogP contribution in [0.15, 0.2) is 12.2 Å². The maximum atomic E-state index is 12.7. The third kappa shape index (κ3) is 42.4. The Morgan fingerprint density at radius 2 is 0.929 bits per heavy atom. The van der Waals surface area contributed by atoms with E-state index in [-0.39, 0.29) is 32.0 Å². The van der Waals surface area contributed by atoms with Crippen molar-refractivity contribution in [2.45, 2.75) is 225 Å². The van der Waals surface area contributed by atoms with Crippen LogP contribution in [0.3, 0.4) is 0 Å². The van der Waals surface area contributed by atoms with Crippen LogP contribution in [-0.4, -0.2) is 74.9 Å². The molecule has 9 nitrogen and oxygen atoms in total. The molecule has 1 N–H and O–H groups in total. The zero-order chi connectivity index (χ0) is 41.4. The molecular formula is C46H91NO8P+. The van der Waals surface area contributed by atoms with Crippen molar-refractivity contribution >= 4 is 19.8 Å². The molecule has 0 bridgehead atoms. The fourth-order valence-electron chi connectivity index (χ4n) is 6.58. The molecule has 0 fully saturated rings. The molecule has 0 aliphatic carbocycles. The minimum absolute atomic E-state index is 0.0336. The van der Waals surface area contributed by atoms with Gasteiger partial charge in [-0.2, -0.15) is 0 Å². The maximum absolute atomic E-state index is 12.7. The molecule has 0 heterocycles. The lowest BCUT2D eigenvalue weighted by Gasteiger charge is -2.24. The molecule has 0 saturated carbocycles. The molecule has 0 radical (unpaired) electrons. The number of carbonyl (C=O) groups is 2. The van der Waals surface area contributed by atoms with Crippen LogP contribution in [0, 0.1) is 0 Å². The van der Waals surface area contributed by atoms with Crippen molar-refractivity contribution in [3.8, 4) is 0 Å². The van der Waals surface area contributed by atoms with Crippen LogP contribution in [0.2, 0.25) is 0 Å². The summed E-state index contributed by atoms with van der Waals surface area (Å²) in [5, 5.41) is 0. The molecule has 0 aliphatic rings. The summed E-state index contributed by atoms with van der Waals surface area (Å²) >= 11 is 0. The van der Waals surface area contributed by atoms with E-state index in [0.29, 0.717) is 17.4 Å². The van der Waals surface area contributed by atoms with Crippen LogP contribution in [0.1, 0.15) is 219 Å². The van der Waals surface area contributed by atoms with E-state index in [1.165, 1.54) is 128 Å². The molecule has 0 rings (SSSR count). The van der Waals surface area contributed by atoms with Crippen LogP contribution in [-0.2, 0) is 32.7 Å². The number of esters is 2. The summed E-state index contributed by atoms with van der Waals surface area (Å²) in [5.74, 6) is -0.799. The van der Waals surface area contributed by atoms with E-state index >= 15 is 0 Å². The third-order valence-electron chi connectivity index (χ3n) is 10.3. The lowest BCUT2D eigenvalue weighted by molar-refractivity contribution is -0.870. The predicted molar refractivity (Wildman–Crippen MR) is 234 cm³/mol. The Morgan fingerprint density at radius 1 is 0.536 bits per heavy atom. The van der Waals surface area contributed by atoms with E-state index in [0.717, 1.165) is 57.8 Å². The van der Waals surface area contributed by atoms with Crippen LogP contribution in [0.4, 0.5) is 0 Å². The Balaban J connectivity index is 4.21. The number of rotatable bonds is 43. The number of phosphoric ester groups is 1. The molecule has 0 spiro atoms. The topological polar surface area (TPSA) is 108 Å². The van der Waals surface area contributed by atoms with E-state index < -0.39 is 26.5 Å². The van der Waals surface area contributed by atoms with Crippen molar-refractivity contribution in [1.29, 1.82) is 0 Å². The highest BCUT2D eigenvalue weighted by atomic mass is 31.2. The van der Waals surface area contributed by atoms with Crippen molar-refractivity contribution in [3.05, 3.63) is 12.2 Å². The summed E-state index contributed by atoms with van der Waals surface area (Å²) in [5.41, 5.74) is 0. The van der Waals surface area contributed by atoms with Gasteiger partial charge in [-0.3, -0.25) is 18.6 Å². The van der Waals surface area contributed by atoms with Crippen molar-refractivity contribution in [2.24, 2.45) is 0 Å². The molecule has 56 heavy (non-hydrogen) atoms. The Kier molecular flexibility index (Phi) is 38.3. The fraction of sp³-hybridized carbons (Fsp3) is 0.913. The lowest BCUT2D eigenvalue weighted by Crippen LogP contribution is -2.37. The number of phosphoric acid groups is 1. The van der Waals surface area contributed by atoms with E-state index in [1.54, 1.807) is 0 Å². The Hall–Kier alpha value is -1.25. The van der Waals surface area contributed by atoms with Gasteiger partial charge in [-0.1, -0.05) is 187 Å². The molecule has 0 aromatic carbocycles. The number of ether oxygens (including phenoxy) is 2. The van der Waals surface area contributed by atoms with Gasteiger partial charge in [0.05, 0.1) is 27.7 Å². The second-order valence-corrected chi connectivity index (χ2v) is 18.6. The van der Waals surface area contributed by atoms with Gasteiger partial charge < -0.3 is 18.9 Å². The summed E-state index contributed by atoms with van der Waals surface area (Å²) in [6.07, 6.45) is 41.2. The van der Waals surface area contributed by atoms with E-state index in [4.69, 9.17) is 18.5 Å². The monoisotopic (exact) mass is 817 g/mol. The average Bonchev–Trinajstić information content (AvgIpc) is 3.15.